The van der Waals surface area contributed by atoms with E-state index in [9.17, 15) is 0 Å². The number of hydrogen-bond acceptors (Lipinski definition) is 3. The molecular weight excluding hydrogens is 222 g/mol. The Morgan fingerprint density at radius 3 is 2.88 bits per heavy atom. The van der Waals surface area contributed by atoms with Crippen LogP contribution in [0.4, 0.5) is 5.82 Å². The summed E-state index contributed by atoms with van der Waals surface area (Å²) in [6, 6.07) is 3.56. The second-order valence-electron chi connectivity index (χ2n) is 5.00. The number of pyridine rings is 1. The average Bonchev–Trinajstić information content (AvgIpc) is 2.52. The molecule has 0 aromatic carbocycles. The first-order valence-corrected chi connectivity index (χ1v) is 6.03. The maximum Gasteiger partial charge on any atom is 0.123 e. The van der Waals surface area contributed by atoms with E-state index < -0.39 is 0 Å². The van der Waals surface area contributed by atoms with Crippen LogP contribution in [0.3, 0.4) is 0 Å². The van der Waals surface area contributed by atoms with Crippen LogP contribution in [0, 0.1) is 0 Å². The number of nitrogens with two attached hydrogens (primary N) is 1. The molecule has 0 amide bonds. The zero-order valence-electron chi connectivity index (χ0n) is 9.83. The monoisotopic (exact) mass is 239 g/mol. The molecule has 0 bridgehead atoms. The lowest BCUT2D eigenvalue weighted by Gasteiger charge is -2.31. The Hall–Kier alpha value is -0.800. The highest BCUT2D eigenvalue weighted by molar-refractivity contribution is 6.31. The smallest absolute Gasteiger partial charge is 0.123 e. The molecule has 0 spiro atoms. The van der Waals surface area contributed by atoms with Gasteiger partial charge in [0.15, 0.2) is 0 Å². The largest absolute Gasteiger partial charge is 0.384 e. The van der Waals surface area contributed by atoms with Crippen LogP contribution in [-0.4, -0.2) is 22.0 Å². The van der Waals surface area contributed by atoms with Gasteiger partial charge < -0.3 is 5.73 Å². The minimum Gasteiger partial charge on any atom is -0.384 e. The molecule has 1 aliphatic rings. The van der Waals surface area contributed by atoms with Gasteiger partial charge in [0.1, 0.15) is 5.82 Å². The molecule has 0 radical (unpaired) electrons. The predicted octanol–water partition coefficient (Wildman–Crippen LogP) is 2.69. The van der Waals surface area contributed by atoms with Crippen LogP contribution in [0.15, 0.2) is 12.1 Å². The van der Waals surface area contributed by atoms with Crippen LogP contribution >= 0.6 is 11.6 Å². The molecule has 1 aromatic rings. The van der Waals surface area contributed by atoms with Gasteiger partial charge in [-0.15, -0.1) is 0 Å². The van der Waals surface area contributed by atoms with Gasteiger partial charge in [0.25, 0.3) is 0 Å². The van der Waals surface area contributed by atoms with Gasteiger partial charge in [0.05, 0.1) is 10.7 Å². The molecule has 2 rings (SSSR count). The standard InChI is InChI=1S/C12H18ClN3/c1-12(2)6-3-7-16(12)8-10-9(13)4-5-11(14)15-10/h4-5H,3,6-8H2,1-2H3,(H2,14,15). The maximum absolute atomic E-state index is 6.12. The van der Waals surface area contributed by atoms with Crippen LogP contribution in [0.25, 0.3) is 0 Å². The highest BCUT2D eigenvalue weighted by Gasteiger charge is 2.32. The lowest BCUT2D eigenvalue weighted by atomic mass is 10.0. The Morgan fingerprint density at radius 2 is 2.25 bits per heavy atom. The fourth-order valence-corrected chi connectivity index (χ4v) is 2.41. The second-order valence-corrected chi connectivity index (χ2v) is 5.41. The summed E-state index contributed by atoms with van der Waals surface area (Å²) in [7, 11) is 0. The zero-order chi connectivity index (χ0) is 11.8. The molecule has 1 fully saturated rings. The molecule has 0 atom stereocenters. The normalized spacial score (nSPS) is 20.2. The SMILES string of the molecule is CC1(C)CCCN1Cc1nc(N)ccc1Cl. The lowest BCUT2D eigenvalue weighted by Crippen LogP contribution is -2.37. The Balaban J connectivity index is 2.17. The van der Waals surface area contributed by atoms with Crippen molar-refractivity contribution in [3.63, 3.8) is 0 Å². The quantitative estimate of drug-likeness (QED) is 0.863. The van der Waals surface area contributed by atoms with E-state index >= 15 is 0 Å². The van der Waals surface area contributed by atoms with Crippen LogP contribution in [0.2, 0.25) is 5.02 Å². The molecule has 0 unspecified atom stereocenters. The van der Waals surface area contributed by atoms with E-state index in [0.29, 0.717) is 10.8 Å². The van der Waals surface area contributed by atoms with Crippen molar-refractivity contribution in [2.45, 2.75) is 38.8 Å². The van der Waals surface area contributed by atoms with E-state index in [1.54, 1.807) is 6.07 Å². The van der Waals surface area contributed by atoms with E-state index in [2.05, 4.69) is 23.7 Å². The van der Waals surface area contributed by atoms with Crippen molar-refractivity contribution in [2.24, 2.45) is 0 Å². The topological polar surface area (TPSA) is 42.2 Å². The first kappa shape index (κ1) is 11.7. The third kappa shape index (κ3) is 2.30. The van der Waals surface area contributed by atoms with E-state index in [0.717, 1.165) is 18.8 Å². The number of likely N-dealkylation sites (tertiary alicyclic amines) is 1. The van der Waals surface area contributed by atoms with Crippen LogP contribution in [-0.2, 0) is 6.54 Å². The van der Waals surface area contributed by atoms with Crippen molar-refractivity contribution >= 4 is 17.4 Å². The number of nitrogen functional groups attached to an aromatic ring is 1. The maximum atomic E-state index is 6.12. The van der Waals surface area contributed by atoms with Gasteiger partial charge in [0, 0.05) is 12.1 Å². The number of hydrogen-bond donors (Lipinski definition) is 1. The molecule has 16 heavy (non-hydrogen) atoms. The third-order valence-electron chi connectivity index (χ3n) is 3.35. The van der Waals surface area contributed by atoms with Crippen LogP contribution < -0.4 is 5.73 Å². The molecule has 3 nitrogen and oxygen atoms in total. The van der Waals surface area contributed by atoms with Crippen molar-refractivity contribution in [1.29, 1.82) is 0 Å². The summed E-state index contributed by atoms with van der Waals surface area (Å²) in [6.07, 6.45) is 2.47. The van der Waals surface area contributed by atoms with E-state index in [1.807, 2.05) is 6.07 Å². The number of anilines is 1. The van der Waals surface area contributed by atoms with E-state index in [-0.39, 0.29) is 5.54 Å². The summed E-state index contributed by atoms with van der Waals surface area (Å²) in [6.45, 7) is 6.43. The van der Waals surface area contributed by atoms with Gasteiger partial charge in [0.2, 0.25) is 0 Å². The fraction of sp³-hybridized carbons (Fsp3) is 0.583. The second kappa shape index (κ2) is 4.22. The molecule has 88 valence electrons. The Labute approximate surface area is 102 Å². The van der Waals surface area contributed by atoms with Gasteiger partial charge in [-0.2, -0.15) is 0 Å². The third-order valence-corrected chi connectivity index (χ3v) is 3.70. The van der Waals surface area contributed by atoms with E-state index in [1.165, 1.54) is 12.8 Å². The van der Waals surface area contributed by atoms with Gasteiger partial charge in [-0.1, -0.05) is 11.6 Å². The van der Waals surface area contributed by atoms with Crippen LogP contribution in [0.1, 0.15) is 32.4 Å². The Kier molecular flexibility index (Phi) is 3.08. The van der Waals surface area contributed by atoms with Gasteiger partial charge in [-0.3, -0.25) is 4.90 Å². The molecule has 2 heterocycles. The summed E-state index contributed by atoms with van der Waals surface area (Å²) in [4.78, 5) is 6.72. The van der Waals surface area contributed by atoms with Crippen molar-refractivity contribution in [3.8, 4) is 0 Å². The molecular formula is C12H18ClN3. The zero-order valence-corrected chi connectivity index (χ0v) is 10.6. The summed E-state index contributed by atoms with van der Waals surface area (Å²) in [5, 5.41) is 0.705. The lowest BCUT2D eigenvalue weighted by molar-refractivity contribution is 0.164. The van der Waals surface area contributed by atoms with Crippen molar-refractivity contribution in [2.75, 3.05) is 12.3 Å². The number of aromatic nitrogens is 1. The average molecular weight is 240 g/mol. The first-order valence-electron chi connectivity index (χ1n) is 5.65. The van der Waals surface area contributed by atoms with E-state index in [4.69, 9.17) is 17.3 Å². The van der Waals surface area contributed by atoms with Gasteiger partial charge in [-0.05, 0) is 45.4 Å². The summed E-state index contributed by atoms with van der Waals surface area (Å²) < 4.78 is 0. The minimum atomic E-state index is 0.246. The van der Waals surface area contributed by atoms with Gasteiger partial charge >= 0.3 is 0 Å². The molecule has 0 saturated carbocycles. The minimum absolute atomic E-state index is 0.246. The first-order chi connectivity index (χ1) is 7.49. The predicted molar refractivity (Wildman–Crippen MR) is 67.4 cm³/mol. The molecule has 1 aromatic heterocycles. The van der Waals surface area contributed by atoms with Crippen molar-refractivity contribution in [3.05, 3.63) is 22.8 Å². The summed E-state index contributed by atoms with van der Waals surface area (Å²) in [5.74, 6) is 0.538. The van der Waals surface area contributed by atoms with Crippen molar-refractivity contribution < 1.29 is 0 Å². The fourth-order valence-electron chi connectivity index (χ4n) is 2.25. The van der Waals surface area contributed by atoms with Gasteiger partial charge in [-0.25, -0.2) is 4.98 Å². The molecule has 2 N–H and O–H groups in total. The van der Waals surface area contributed by atoms with Crippen molar-refractivity contribution in [1.82, 2.24) is 9.88 Å². The van der Waals surface area contributed by atoms with Crippen LogP contribution in [0.5, 0.6) is 0 Å². The summed E-state index contributed by atoms with van der Waals surface area (Å²) in [5.41, 5.74) is 6.81. The molecule has 1 aliphatic heterocycles. The highest BCUT2D eigenvalue weighted by atomic mass is 35.5. The summed E-state index contributed by atoms with van der Waals surface area (Å²) >= 11 is 6.12. The number of rotatable bonds is 2. The highest BCUT2D eigenvalue weighted by Crippen LogP contribution is 2.30. The molecule has 0 aliphatic carbocycles. The molecule has 1 saturated heterocycles. The Morgan fingerprint density at radius 1 is 1.50 bits per heavy atom. The number of halogens is 1. The molecule has 4 heteroatoms. The Bertz CT molecular complexity index is 390. The number of nitrogens with zero attached hydrogens (tertiary/aromatic N) is 2.